The Morgan fingerprint density at radius 2 is 1.70 bits per heavy atom. The fourth-order valence-corrected chi connectivity index (χ4v) is 4.48. The number of rotatable bonds is 2. The van der Waals surface area contributed by atoms with Crippen molar-refractivity contribution in [2.75, 3.05) is 0 Å². The summed E-state index contributed by atoms with van der Waals surface area (Å²) < 4.78 is 6.47. The zero-order valence-corrected chi connectivity index (χ0v) is 13.6. The zero-order chi connectivity index (χ0) is 14.3. The van der Waals surface area contributed by atoms with Crippen LogP contribution < -0.4 is 4.74 Å². The van der Waals surface area contributed by atoms with Gasteiger partial charge in [-0.25, -0.2) is 0 Å². The molecule has 0 N–H and O–H groups in total. The number of benzene rings is 1. The molecule has 0 saturated heterocycles. The van der Waals surface area contributed by atoms with Gasteiger partial charge in [0.15, 0.2) is 0 Å². The molecule has 0 amide bonds. The van der Waals surface area contributed by atoms with E-state index in [1.54, 1.807) is 0 Å². The highest BCUT2D eigenvalue weighted by Gasteiger charge is 2.56. The molecule has 0 bridgehead atoms. The highest BCUT2D eigenvalue weighted by atomic mass is 35.5. The van der Waals surface area contributed by atoms with E-state index in [1.807, 2.05) is 0 Å². The molecule has 1 aromatic carbocycles. The van der Waals surface area contributed by atoms with Crippen molar-refractivity contribution in [3.63, 3.8) is 0 Å². The van der Waals surface area contributed by atoms with Crippen molar-refractivity contribution in [3.8, 4) is 5.75 Å². The van der Waals surface area contributed by atoms with Crippen molar-refractivity contribution in [3.05, 3.63) is 28.8 Å². The number of halogens is 1. The van der Waals surface area contributed by atoms with E-state index in [0.29, 0.717) is 11.5 Å². The molecule has 0 radical (unpaired) electrons. The Hall–Kier alpha value is -0.690. The van der Waals surface area contributed by atoms with Gasteiger partial charge in [-0.15, -0.1) is 11.6 Å². The molecule has 0 aliphatic heterocycles. The molecular weight excluding hydrogens is 268 g/mol. The summed E-state index contributed by atoms with van der Waals surface area (Å²) in [5, 5.41) is 0.318. The fraction of sp³-hybridized carbons (Fsp3) is 0.667. The van der Waals surface area contributed by atoms with Crippen molar-refractivity contribution >= 4 is 11.6 Å². The third kappa shape index (κ3) is 2.15. The molecule has 110 valence electrons. The van der Waals surface area contributed by atoms with E-state index in [0.717, 1.165) is 12.2 Å². The number of alkyl halides is 1. The lowest BCUT2D eigenvalue weighted by atomic mass is 9.58. The van der Waals surface area contributed by atoms with Crippen LogP contribution in [0, 0.1) is 26.2 Å². The second-order valence-corrected chi connectivity index (χ2v) is 7.28. The minimum absolute atomic E-state index is 0.252. The van der Waals surface area contributed by atoms with Gasteiger partial charge >= 0.3 is 0 Å². The summed E-state index contributed by atoms with van der Waals surface area (Å²) in [5.41, 5.74) is 4.10. The Morgan fingerprint density at radius 1 is 1.05 bits per heavy atom. The van der Waals surface area contributed by atoms with Crippen molar-refractivity contribution in [1.29, 1.82) is 0 Å². The van der Waals surface area contributed by atoms with Crippen LogP contribution in [0.2, 0.25) is 0 Å². The van der Waals surface area contributed by atoms with Gasteiger partial charge in [-0.1, -0.05) is 31.4 Å². The molecule has 0 heterocycles. The number of aryl methyl sites for hydroxylation is 2. The van der Waals surface area contributed by atoms with Gasteiger partial charge in [0, 0.05) is 17.2 Å². The van der Waals surface area contributed by atoms with Crippen LogP contribution >= 0.6 is 11.6 Å². The third-order valence-electron chi connectivity index (χ3n) is 5.60. The molecular formula is C18H25ClO. The zero-order valence-electron chi connectivity index (χ0n) is 12.8. The van der Waals surface area contributed by atoms with Gasteiger partial charge in [0.25, 0.3) is 0 Å². The van der Waals surface area contributed by atoms with Crippen LogP contribution in [-0.4, -0.2) is 11.5 Å². The van der Waals surface area contributed by atoms with Gasteiger partial charge in [0.2, 0.25) is 0 Å². The maximum absolute atomic E-state index is 6.58. The maximum Gasteiger partial charge on any atom is 0.125 e. The van der Waals surface area contributed by atoms with Crippen molar-refractivity contribution in [1.82, 2.24) is 0 Å². The highest BCUT2D eigenvalue weighted by Crippen LogP contribution is 2.56. The smallest absolute Gasteiger partial charge is 0.125 e. The van der Waals surface area contributed by atoms with E-state index in [1.165, 1.54) is 48.8 Å². The Morgan fingerprint density at radius 3 is 2.35 bits per heavy atom. The molecule has 2 unspecified atom stereocenters. The first-order valence-corrected chi connectivity index (χ1v) is 8.36. The average molecular weight is 293 g/mol. The average Bonchev–Trinajstić information content (AvgIpc) is 2.47. The number of hydrogen-bond donors (Lipinski definition) is 0. The van der Waals surface area contributed by atoms with E-state index in [-0.39, 0.29) is 5.41 Å². The van der Waals surface area contributed by atoms with Crippen LogP contribution in [0.15, 0.2) is 12.1 Å². The van der Waals surface area contributed by atoms with Gasteiger partial charge in [-0.2, -0.15) is 0 Å². The molecule has 2 aliphatic rings. The Bertz CT molecular complexity index is 502. The minimum atomic E-state index is 0.252. The lowest BCUT2D eigenvalue weighted by Gasteiger charge is -2.55. The van der Waals surface area contributed by atoms with Crippen molar-refractivity contribution < 1.29 is 4.74 Å². The Kier molecular flexibility index (Phi) is 3.75. The summed E-state index contributed by atoms with van der Waals surface area (Å²) in [7, 11) is 0. The largest absolute Gasteiger partial charge is 0.489 e. The van der Waals surface area contributed by atoms with Crippen LogP contribution in [0.25, 0.3) is 0 Å². The normalized spacial score (nSPS) is 28.2. The lowest BCUT2D eigenvalue weighted by molar-refractivity contribution is -0.0656. The van der Waals surface area contributed by atoms with Crippen LogP contribution in [0.4, 0.5) is 0 Å². The summed E-state index contributed by atoms with van der Waals surface area (Å²) in [4.78, 5) is 0. The summed E-state index contributed by atoms with van der Waals surface area (Å²) in [6.45, 7) is 6.47. The molecule has 1 nitrogen and oxygen atoms in total. The highest BCUT2D eigenvalue weighted by molar-refractivity contribution is 6.21. The first-order valence-electron chi connectivity index (χ1n) is 7.92. The van der Waals surface area contributed by atoms with E-state index < -0.39 is 0 Å². The van der Waals surface area contributed by atoms with E-state index in [2.05, 4.69) is 32.9 Å². The second kappa shape index (κ2) is 5.26. The maximum atomic E-state index is 6.58. The van der Waals surface area contributed by atoms with Gasteiger partial charge in [0.05, 0.1) is 0 Å². The lowest BCUT2D eigenvalue weighted by Crippen LogP contribution is -2.58. The minimum Gasteiger partial charge on any atom is -0.489 e. The summed E-state index contributed by atoms with van der Waals surface area (Å²) in [5.74, 6) is 1.10. The monoisotopic (exact) mass is 292 g/mol. The topological polar surface area (TPSA) is 9.23 Å². The summed E-state index contributed by atoms with van der Waals surface area (Å²) >= 11 is 6.58. The molecule has 1 spiro atoms. The van der Waals surface area contributed by atoms with Crippen molar-refractivity contribution in [2.45, 2.75) is 70.8 Å². The molecule has 2 saturated carbocycles. The second-order valence-electron chi connectivity index (χ2n) is 6.76. The van der Waals surface area contributed by atoms with Gasteiger partial charge in [-0.3, -0.25) is 0 Å². The van der Waals surface area contributed by atoms with Crippen LogP contribution in [0.5, 0.6) is 5.75 Å². The third-order valence-corrected chi connectivity index (χ3v) is 6.22. The van der Waals surface area contributed by atoms with E-state index in [9.17, 15) is 0 Å². The Labute approximate surface area is 127 Å². The number of hydrogen-bond acceptors (Lipinski definition) is 1. The van der Waals surface area contributed by atoms with Gasteiger partial charge < -0.3 is 4.74 Å². The standard InChI is InChI=1S/C18H25ClO/c1-12-7-8-13(2)17(14(12)3)20-16-11-15(19)18(16)9-5-4-6-10-18/h7-8,15-16H,4-6,9-11H2,1-3H3. The van der Waals surface area contributed by atoms with Gasteiger partial charge in [-0.05, 0) is 50.3 Å². The summed E-state index contributed by atoms with van der Waals surface area (Å²) in [6.07, 6.45) is 7.81. The molecule has 2 fully saturated rings. The van der Waals surface area contributed by atoms with Crippen LogP contribution in [0.3, 0.4) is 0 Å². The first kappa shape index (κ1) is 14.3. The quantitative estimate of drug-likeness (QED) is 0.670. The fourth-order valence-electron chi connectivity index (χ4n) is 3.96. The molecule has 1 aromatic rings. The molecule has 2 atom stereocenters. The Balaban J connectivity index is 1.83. The summed E-state index contributed by atoms with van der Waals surface area (Å²) in [6, 6.07) is 4.35. The first-order chi connectivity index (χ1) is 9.54. The van der Waals surface area contributed by atoms with E-state index in [4.69, 9.17) is 16.3 Å². The predicted molar refractivity (Wildman–Crippen MR) is 84.8 cm³/mol. The molecule has 3 rings (SSSR count). The van der Waals surface area contributed by atoms with Gasteiger partial charge in [0.1, 0.15) is 11.9 Å². The van der Waals surface area contributed by atoms with Crippen molar-refractivity contribution in [2.24, 2.45) is 5.41 Å². The SMILES string of the molecule is Cc1ccc(C)c(OC2CC(Cl)C23CCCCC3)c1C. The number of ether oxygens (including phenoxy) is 1. The molecule has 2 heteroatoms. The molecule has 20 heavy (non-hydrogen) atoms. The van der Waals surface area contributed by atoms with E-state index >= 15 is 0 Å². The molecule has 0 aromatic heterocycles. The predicted octanol–water partition coefficient (Wildman–Crippen LogP) is 5.32. The van der Waals surface area contributed by atoms with Crippen LogP contribution in [-0.2, 0) is 0 Å². The van der Waals surface area contributed by atoms with Crippen LogP contribution in [0.1, 0.15) is 55.2 Å². The molecule has 2 aliphatic carbocycles.